The molecule has 0 saturated carbocycles. The molecule has 2 unspecified atom stereocenters. The van der Waals surface area contributed by atoms with E-state index in [0.717, 1.165) is 28.9 Å². The van der Waals surface area contributed by atoms with Crippen molar-refractivity contribution in [1.82, 2.24) is 5.32 Å². The molecule has 0 aliphatic rings. The van der Waals surface area contributed by atoms with Gasteiger partial charge in [0.15, 0.2) is 0 Å². The Labute approximate surface area is 329 Å². The van der Waals surface area contributed by atoms with Crippen LogP contribution in [-0.4, -0.2) is 35.5 Å². The first-order valence-electron chi connectivity index (χ1n) is 18.1. The second kappa shape index (κ2) is 18.2. The molecule has 2 atom stereocenters. The van der Waals surface area contributed by atoms with E-state index in [0.29, 0.717) is 39.5 Å². The summed E-state index contributed by atoms with van der Waals surface area (Å²) in [4.78, 5) is 42.4. The van der Waals surface area contributed by atoms with E-state index in [1.165, 1.54) is 0 Å². The standard InChI is InChI=1S/C46H41BrN2O6/c1-3-31(2)30-49(45(51)34-22-25-38(26-23-34)54-36-12-6-4-7-13-36)42-27-24-35(47)29-40(42)44(50)48-41(46(52)53)28-32-18-20-33(21-19-32)39-16-10-11-17-43(39)55-37-14-8-5-9-15-37/h4-27,29,31,41H,3,28,30H2,1-2H3,(H,48,50)(H,52,53). The molecule has 9 heteroatoms. The van der Waals surface area contributed by atoms with Crippen LogP contribution in [0.3, 0.4) is 0 Å². The Morgan fingerprint density at radius 3 is 1.96 bits per heavy atom. The fourth-order valence-electron chi connectivity index (χ4n) is 6.00. The lowest BCUT2D eigenvalue weighted by Gasteiger charge is -2.28. The van der Waals surface area contributed by atoms with Crippen molar-refractivity contribution >= 4 is 39.4 Å². The number of carboxylic acid groups (broad SMARTS) is 1. The molecular weight excluding hydrogens is 756 g/mol. The lowest BCUT2D eigenvalue weighted by Crippen LogP contribution is -2.43. The van der Waals surface area contributed by atoms with Crippen LogP contribution in [0.4, 0.5) is 5.69 Å². The molecule has 0 fully saturated rings. The van der Waals surface area contributed by atoms with Crippen molar-refractivity contribution in [1.29, 1.82) is 0 Å². The van der Waals surface area contributed by atoms with E-state index in [-0.39, 0.29) is 23.8 Å². The molecule has 6 aromatic rings. The summed E-state index contributed by atoms with van der Waals surface area (Å²) >= 11 is 3.47. The summed E-state index contributed by atoms with van der Waals surface area (Å²) in [7, 11) is 0. The molecule has 2 N–H and O–H groups in total. The maximum atomic E-state index is 14.2. The number of hydrogen-bond donors (Lipinski definition) is 2. The Bertz CT molecular complexity index is 2230. The minimum atomic E-state index is -1.24. The van der Waals surface area contributed by atoms with Crippen LogP contribution in [0.5, 0.6) is 23.0 Å². The highest BCUT2D eigenvalue weighted by Crippen LogP contribution is 2.34. The molecule has 0 heterocycles. The predicted molar refractivity (Wildman–Crippen MR) is 219 cm³/mol. The quantitative estimate of drug-likeness (QED) is 0.107. The first kappa shape index (κ1) is 38.5. The van der Waals surface area contributed by atoms with Crippen molar-refractivity contribution in [2.45, 2.75) is 32.7 Å². The van der Waals surface area contributed by atoms with E-state index < -0.39 is 17.9 Å². The number of carboxylic acids is 1. The fourth-order valence-corrected chi connectivity index (χ4v) is 6.37. The van der Waals surface area contributed by atoms with Crippen LogP contribution in [0.25, 0.3) is 11.1 Å². The third-order valence-corrected chi connectivity index (χ3v) is 9.67. The number of ether oxygens (including phenoxy) is 2. The van der Waals surface area contributed by atoms with Crippen molar-refractivity contribution in [2.24, 2.45) is 5.92 Å². The summed E-state index contributed by atoms with van der Waals surface area (Å²) in [5.41, 5.74) is 3.47. The summed E-state index contributed by atoms with van der Waals surface area (Å²) in [5.74, 6) is 0.688. The normalized spacial score (nSPS) is 11.9. The Hall–Kier alpha value is -6.19. The zero-order chi connectivity index (χ0) is 38.7. The number of nitrogens with one attached hydrogen (secondary N) is 1. The van der Waals surface area contributed by atoms with Gasteiger partial charge in [0, 0.05) is 28.6 Å². The third kappa shape index (κ3) is 10.1. The number of carbonyl (C=O) groups excluding carboxylic acids is 2. The number of halogens is 1. The zero-order valence-electron chi connectivity index (χ0n) is 30.5. The van der Waals surface area contributed by atoms with Crippen molar-refractivity contribution in [3.8, 4) is 34.1 Å². The van der Waals surface area contributed by atoms with Crippen LogP contribution in [0.15, 0.2) is 156 Å². The summed E-state index contributed by atoms with van der Waals surface area (Å²) in [6.45, 7) is 4.42. The Kier molecular flexibility index (Phi) is 12.8. The lowest BCUT2D eigenvalue weighted by atomic mass is 9.99. The molecule has 8 nitrogen and oxygen atoms in total. The molecule has 0 aromatic heterocycles. The number of carbonyl (C=O) groups is 3. The number of hydrogen-bond acceptors (Lipinski definition) is 5. The summed E-state index contributed by atoms with van der Waals surface area (Å²) < 4.78 is 12.7. The Balaban J connectivity index is 1.21. The highest BCUT2D eigenvalue weighted by atomic mass is 79.9. The minimum Gasteiger partial charge on any atom is -0.480 e. The number of aliphatic carboxylic acids is 1. The Morgan fingerprint density at radius 1 is 0.727 bits per heavy atom. The van der Waals surface area contributed by atoms with Crippen LogP contribution in [-0.2, 0) is 11.2 Å². The fraction of sp³-hybridized carbons (Fsp3) is 0.152. The van der Waals surface area contributed by atoms with Crippen molar-refractivity contribution in [2.75, 3.05) is 11.4 Å². The molecule has 0 saturated heterocycles. The largest absolute Gasteiger partial charge is 0.480 e. The highest BCUT2D eigenvalue weighted by Gasteiger charge is 2.28. The number of rotatable bonds is 15. The lowest BCUT2D eigenvalue weighted by molar-refractivity contribution is -0.139. The molecule has 0 aliphatic heterocycles. The van der Waals surface area contributed by atoms with Gasteiger partial charge in [0.25, 0.3) is 11.8 Å². The highest BCUT2D eigenvalue weighted by molar-refractivity contribution is 9.10. The van der Waals surface area contributed by atoms with E-state index in [4.69, 9.17) is 9.47 Å². The van der Waals surface area contributed by atoms with Crippen molar-refractivity contribution in [3.63, 3.8) is 0 Å². The average molecular weight is 798 g/mol. The van der Waals surface area contributed by atoms with E-state index in [1.807, 2.05) is 123 Å². The van der Waals surface area contributed by atoms with Gasteiger partial charge in [-0.15, -0.1) is 0 Å². The second-order valence-corrected chi connectivity index (χ2v) is 14.1. The van der Waals surface area contributed by atoms with Gasteiger partial charge in [-0.1, -0.05) is 115 Å². The molecule has 55 heavy (non-hydrogen) atoms. The molecule has 0 aliphatic carbocycles. The van der Waals surface area contributed by atoms with Gasteiger partial charge in [0.2, 0.25) is 0 Å². The molecule has 2 amide bonds. The van der Waals surface area contributed by atoms with Gasteiger partial charge in [-0.3, -0.25) is 9.59 Å². The van der Waals surface area contributed by atoms with Crippen molar-refractivity contribution in [3.05, 3.63) is 173 Å². The first-order chi connectivity index (χ1) is 26.7. The molecule has 6 rings (SSSR count). The van der Waals surface area contributed by atoms with Gasteiger partial charge in [0.1, 0.15) is 29.0 Å². The van der Waals surface area contributed by atoms with Gasteiger partial charge in [0.05, 0.1) is 11.3 Å². The molecule has 6 aromatic carbocycles. The summed E-state index contributed by atoms with van der Waals surface area (Å²) in [6.07, 6.45) is 0.844. The molecule has 0 bridgehead atoms. The van der Waals surface area contributed by atoms with Gasteiger partial charge < -0.3 is 24.8 Å². The van der Waals surface area contributed by atoms with Crippen LogP contribution < -0.4 is 19.7 Å². The Morgan fingerprint density at radius 2 is 1.33 bits per heavy atom. The summed E-state index contributed by atoms with van der Waals surface area (Å²) in [5, 5.41) is 13.0. The van der Waals surface area contributed by atoms with E-state index in [9.17, 15) is 19.5 Å². The third-order valence-electron chi connectivity index (χ3n) is 9.18. The maximum Gasteiger partial charge on any atom is 0.326 e. The summed E-state index contributed by atoms with van der Waals surface area (Å²) in [6, 6.07) is 44.8. The van der Waals surface area contributed by atoms with Crippen LogP contribution in [0.1, 0.15) is 46.5 Å². The zero-order valence-corrected chi connectivity index (χ0v) is 32.1. The second-order valence-electron chi connectivity index (χ2n) is 13.2. The SMILES string of the molecule is CCC(C)CN(C(=O)c1ccc(Oc2ccccc2)cc1)c1ccc(Br)cc1C(=O)NC(Cc1ccc(-c2ccccc2Oc2ccccc2)cc1)C(=O)O. The maximum absolute atomic E-state index is 14.2. The number of anilines is 1. The van der Waals surface area contributed by atoms with Crippen LogP contribution in [0, 0.1) is 5.92 Å². The number of benzene rings is 6. The number of para-hydroxylation sites is 3. The van der Waals surface area contributed by atoms with E-state index in [1.54, 1.807) is 47.4 Å². The molecule has 0 radical (unpaired) electrons. The smallest absolute Gasteiger partial charge is 0.326 e. The topological polar surface area (TPSA) is 105 Å². The predicted octanol–water partition coefficient (Wildman–Crippen LogP) is 10.8. The van der Waals surface area contributed by atoms with Crippen LogP contribution in [0.2, 0.25) is 0 Å². The van der Waals surface area contributed by atoms with Gasteiger partial charge in [-0.2, -0.15) is 0 Å². The molecular formula is C46H41BrN2O6. The number of nitrogens with zero attached hydrogens (tertiary/aromatic N) is 1. The molecule has 0 spiro atoms. The van der Waals surface area contributed by atoms with Gasteiger partial charge in [-0.05, 0) is 89.8 Å². The molecule has 278 valence electrons. The van der Waals surface area contributed by atoms with E-state index in [2.05, 4.69) is 21.2 Å². The first-order valence-corrected chi connectivity index (χ1v) is 18.9. The van der Waals surface area contributed by atoms with Gasteiger partial charge >= 0.3 is 5.97 Å². The van der Waals surface area contributed by atoms with Gasteiger partial charge in [-0.25, -0.2) is 4.79 Å². The van der Waals surface area contributed by atoms with Crippen LogP contribution >= 0.6 is 15.9 Å². The average Bonchev–Trinajstić information content (AvgIpc) is 3.21. The monoisotopic (exact) mass is 796 g/mol. The van der Waals surface area contributed by atoms with E-state index >= 15 is 0 Å². The van der Waals surface area contributed by atoms with Crippen molar-refractivity contribution < 1.29 is 29.0 Å². The number of amides is 2. The minimum absolute atomic E-state index is 0.0414.